The van der Waals surface area contributed by atoms with Gasteiger partial charge in [-0.3, -0.25) is 9.48 Å². The third kappa shape index (κ3) is 4.25. The first-order chi connectivity index (χ1) is 12.0. The molecule has 2 aromatic rings. The van der Waals surface area contributed by atoms with Gasteiger partial charge in [-0.05, 0) is 18.4 Å². The zero-order valence-electron chi connectivity index (χ0n) is 13.4. The van der Waals surface area contributed by atoms with Gasteiger partial charge in [-0.15, -0.1) is 0 Å². The van der Waals surface area contributed by atoms with Gasteiger partial charge in [0.15, 0.2) is 0 Å². The van der Waals surface area contributed by atoms with E-state index in [1.807, 2.05) is 6.07 Å². The van der Waals surface area contributed by atoms with E-state index in [0.29, 0.717) is 13.2 Å². The van der Waals surface area contributed by atoms with Gasteiger partial charge in [0.1, 0.15) is 10.9 Å². The van der Waals surface area contributed by atoms with Crippen LogP contribution in [-0.4, -0.2) is 48.5 Å². The lowest BCUT2D eigenvalue weighted by molar-refractivity contribution is -0.138. The second-order valence-corrected chi connectivity index (χ2v) is 7.59. The number of carbonyl (C=O) groups is 1. The molecule has 1 saturated heterocycles. The summed E-state index contributed by atoms with van der Waals surface area (Å²) in [7, 11) is -3.99. The van der Waals surface area contributed by atoms with E-state index in [1.165, 1.54) is 12.4 Å². The minimum absolute atomic E-state index is 0.00328. The number of aromatic nitrogens is 2. The van der Waals surface area contributed by atoms with E-state index < -0.39 is 22.0 Å². The highest BCUT2D eigenvalue weighted by Gasteiger charge is 2.28. The van der Waals surface area contributed by atoms with Crippen molar-refractivity contribution in [2.24, 2.45) is 0 Å². The van der Waals surface area contributed by atoms with Crippen molar-refractivity contribution < 1.29 is 23.1 Å². The summed E-state index contributed by atoms with van der Waals surface area (Å²) in [4.78, 5) is 11.4. The molecular formula is C16H19N3O5S. The predicted octanol–water partition coefficient (Wildman–Crippen LogP) is 0.819. The lowest BCUT2D eigenvalue weighted by Gasteiger charge is -2.14. The molecule has 0 aliphatic carbocycles. The fraction of sp³-hybridized carbons (Fsp3) is 0.375. The van der Waals surface area contributed by atoms with Gasteiger partial charge in [0, 0.05) is 12.8 Å². The number of rotatable bonds is 7. The van der Waals surface area contributed by atoms with Crippen LogP contribution in [0.1, 0.15) is 18.0 Å². The van der Waals surface area contributed by atoms with Crippen LogP contribution >= 0.6 is 0 Å². The first-order valence-corrected chi connectivity index (χ1v) is 9.35. The molecule has 1 aromatic heterocycles. The molecular weight excluding hydrogens is 346 g/mol. The lowest BCUT2D eigenvalue weighted by Crippen LogP contribution is -2.42. The Morgan fingerprint density at radius 2 is 2.16 bits per heavy atom. The van der Waals surface area contributed by atoms with E-state index in [1.54, 1.807) is 28.9 Å². The Morgan fingerprint density at radius 3 is 2.80 bits per heavy atom. The van der Waals surface area contributed by atoms with Crippen molar-refractivity contribution in [3.05, 3.63) is 48.3 Å². The number of hydrogen-bond acceptors (Lipinski definition) is 5. The highest BCUT2D eigenvalue weighted by molar-refractivity contribution is 7.89. The van der Waals surface area contributed by atoms with Crippen molar-refractivity contribution in [2.45, 2.75) is 29.8 Å². The molecule has 9 heteroatoms. The van der Waals surface area contributed by atoms with Gasteiger partial charge >= 0.3 is 5.97 Å². The van der Waals surface area contributed by atoms with E-state index in [2.05, 4.69) is 9.82 Å². The van der Waals surface area contributed by atoms with Crippen molar-refractivity contribution >= 4 is 16.0 Å². The predicted molar refractivity (Wildman–Crippen MR) is 88.6 cm³/mol. The van der Waals surface area contributed by atoms with Crippen LogP contribution in [0.4, 0.5) is 0 Å². The Kier molecular flexibility index (Phi) is 5.16. The maximum atomic E-state index is 12.5. The molecule has 0 saturated carbocycles. The Labute approximate surface area is 145 Å². The van der Waals surface area contributed by atoms with E-state index in [4.69, 9.17) is 4.74 Å². The average molecular weight is 365 g/mol. The summed E-state index contributed by atoms with van der Waals surface area (Å²) in [5.41, 5.74) is 0.733. The van der Waals surface area contributed by atoms with Crippen molar-refractivity contribution in [2.75, 3.05) is 13.2 Å². The summed E-state index contributed by atoms with van der Waals surface area (Å²) in [5, 5.41) is 13.4. The van der Waals surface area contributed by atoms with Crippen LogP contribution in [0.5, 0.6) is 0 Å². The number of sulfonamides is 1. The fourth-order valence-electron chi connectivity index (χ4n) is 2.67. The molecule has 1 aliphatic rings. The van der Waals surface area contributed by atoms with Gasteiger partial charge in [0.2, 0.25) is 10.0 Å². The van der Waals surface area contributed by atoms with Gasteiger partial charge in [0.05, 0.1) is 18.8 Å². The Balaban J connectivity index is 1.75. The lowest BCUT2D eigenvalue weighted by atomic mass is 10.1. The van der Waals surface area contributed by atoms with Gasteiger partial charge < -0.3 is 9.84 Å². The minimum Gasteiger partial charge on any atom is -0.480 e. The maximum Gasteiger partial charge on any atom is 0.322 e. The third-order valence-corrected chi connectivity index (χ3v) is 5.47. The smallest absolute Gasteiger partial charge is 0.322 e. The summed E-state index contributed by atoms with van der Waals surface area (Å²) in [6.45, 7) is 1.10. The molecule has 8 nitrogen and oxygen atoms in total. The minimum atomic E-state index is -3.99. The molecule has 25 heavy (non-hydrogen) atoms. The number of hydrogen-bond donors (Lipinski definition) is 2. The van der Waals surface area contributed by atoms with Gasteiger partial charge in [-0.1, -0.05) is 30.3 Å². The molecule has 0 spiro atoms. The normalized spacial score (nSPS) is 19.0. The first kappa shape index (κ1) is 17.6. The number of benzene rings is 1. The zero-order chi connectivity index (χ0) is 17.9. The van der Waals surface area contributed by atoms with Gasteiger partial charge in [0.25, 0.3) is 0 Å². The number of aliphatic carboxylic acids is 1. The number of carboxylic acid groups (broad SMARTS) is 1. The molecule has 0 bridgehead atoms. The molecule has 2 N–H and O–H groups in total. The highest BCUT2D eigenvalue weighted by Crippen LogP contribution is 2.20. The van der Waals surface area contributed by atoms with Crippen LogP contribution in [0.15, 0.2) is 47.6 Å². The molecule has 1 aliphatic heterocycles. The van der Waals surface area contributed by atoms with E-state index in [-0.39, 0.29) is 17.4 Å². The largest absolute Gasteiger partial charge is 0.480 e. The average Bonchev–Trinajstić information content (AvgIpc) is 3.26. The van der Waals surface area contributed by atoms with E-state index >= 15 is 0 Å². The summed E-state index contributed by atoms with van der Waals surface area (Å²) in [6.07, 6.45) is 3.45. The summed E-state index contributed by atoms with van der Waals surface area (Å²) in [5.74, 6) is -1.23. The second-order valence-electron chi connectivity index (χ2n) is 5.88. The molecule has 1 fully saturated rings. The first-order valence-electron chi connectivity index (χ1n) is 7.86. The fourth-order valence-corrected chi connectivity index (χ4v) is 3.80. The molecule has 1 aromatic carbocycles. The van der Waals surface area contributed by atoms with Crippen molar-refractivity contribution in [3.8, 4) is 0 Å². The van der Waals surface area contributed by atoms with Crippen LogP contribution in [0.25, 0.3) is 0 Å². The van der Waals surface area contributed by atoms with Crippen LogP contribution in [0, 0.1) is 0 Å². The number of nitrogens with one attached hydrogen (secondary N) is 1. The van der Waals surface area contributed by atoms with Crippen LogP contribution in [-0.2, 0) is 26.0 Å². The van der Waals surface area contributed by atoms with Crippen LogP contribution < -0.4 is 4.72 Å². The molecule has 0 amide bonds. The van der Waals surface area contributed by atoms with Crippen LogP contribution in [0.2, 0.25) is 0 Å². The summed E-state index contributed by atoms with van der Waals surface area (Å²) >= 11 is 0. The Morgan fingerprint density at radius 1 is 1.40 bits per heavy atom. The molecule has 2 atom stereocenters. The Hall–Kier alpha value is -2.23. The number of carboxylic acids is 1. The summed E-state index contributed by atoms with van der Waals surface area (Å²) < 4.78 is 34.1. The molecule has 2 heterocycles. The second kappa shape index (κ2) is 7.34. The molecule has 0 radical (unpaired) electrons. The highest BCUT2D eigenvalue weighted by atomic mass is 32.2. The number of nitrogens with zero attached hydrogens (tertiary/aromatic N) is 2. The maximum absolute atomic E-state index is 12.5. The van der Waals surface area contributed by atoms with Crippen molar-refractivity contribution in [1.29, 1.82) is 0 Å². The Bertz CT molecular complexity index is 828. The zero-order valence-corrected chi connectivity index (χ0v) is 14.2. The number of ether oxygens (including phenoxy) is 1. The molecule has 134 valence electrons. The summed E-state index contributed by atoms with van der Waals surface area (Å²) in [6, 6.07) is 7.61. The van der Waals surface area contributed by atoms with Crippen molar-refractivity contribution in [1.82, 2.24) is 14.5 Å². The standard InChI is InChI=1S/C16H19N3O5S/c20-16(21)15(8-12-4-2-1-3-5-12)18-25(22,23)14-9-17-19(10-14)13-6-7-24-11-13/h1-5,9-10,13,15,18H,6-8,11H2,(H,20,21)/t13?,15-/m0/s1. The van der Waals surface area contributed by atoms with Crippen LogP contribution in [0.3, 0.4) is 0 Å². The quantitative estimate of drug-likeness (QED) is 0.752. The third-order valence-electron chi connectivity index (χ3n) is 4.05. The van der Waals surface area contributed by atoms with E-state index in [9.17, 15) is 18.3 Å². The van der Waals surface area contributed by atoms with Crippen molar-refractivity contribution in [3.63, 3.8) is 0 Å². The van der Waals surface area contributed by atoms with Gasteiger partial charge in [-0.25, -0.2) is 8.42 Å². The van der Waals surface area contributed by atoms with E-state index in [0.717, 1.165) is 12.0 Å². The monoisotopic (exact) mass is 365 g/mol. The molecule has 1 unspecified atom stereocenters. The molecule has 3 rings (SSSR count). The van der Waals surface area contributed by atoms with Gasteiger partial charge in [-0.2, -0.15) is 9.82 Å². The SMILES string of the molecule is O=C(O)[C@H](Cc1ccccc1)NS(=O)(=O)c1cnn(C2CCOC2)c1. The topological polar surface area (TPSA) is 111 Å².